The summed E-state index contributed by atoms with van der Waals surface area (Å²) in [6.07, 6.45) is 0. The van der Waals surface area contributed by atoms with Gasteiger partial charge in [0.05, 0.1) is 44.1 Å². The first kappa shape index (κ1) is 55.0. The third-order valence-corrected chi connectivity index (χ3v) is 21.2. The van der Waals surface area contributed by atoms with E-state index in [-0.39, 0.29) is 5.41 Å². The van der Waals surface area contributed by atoms with Gasteiger partial charge in [-0.2, -0.15) is 0 Å². The fourth-order valence-corrected chi connectivity index (χ4v) is 16.6. The van der Waals surface area contributed by atoms with Crippen molar-refractivity contribution < 1.29 is 0 Å². The number of fused-ring (bicyclic) bond motifs is 19. The molecule has 4 aromatic heterocycles. The number of benzene rings is 16. The molecule has 0 atom stereocenters. The van der Waals surface area contributed by atoms with E-state index in [4.69, 9.17) is 0 Å². The molecular weight excluding hydrogens is 1170 g/mol. The second kappa shape index (κ2) is 21.3. The summed E-state index contributed by atoms with van der Waals surface area (Å²) in [5, 5.41) is 17.8. The van der Waals surface area contributed by atoms with Gasteiger partial charge < -0.3 is 18.3 Å². The van der Waals surface area contributed by atoms with Crippen molar-refractivity contribution in [3.8, 4) is 56.1 Å². The molecule has 454 valence electrons. The lowest BCUT2D eigenvalue weighted by Gasteiger charge is -2.21. The standard InChI is InChI=1S/C48H30N2.C45H32N2/c1-2-11-33-27-37(22-19-31(33)9-1)49-45-15-7-5-13-41(45)43-29-34(20-25-47(43)49)35-21-26-48-44(30-35)42-14-6-8-16-46(42)50(48)38-23-24-40-36(28-38)18-17-32-10-3-4-12-39(32)40;1-45(2)39-19-11-9-17-33(39)35-27-38-37-26-30(22-24-43(37)47(44(38)28-40(35)45)32-15-7-4-8-16-32)29-21-23-42-36(25-29)34-18-10-12-20-41(34)46(42)31-13-5-3-6-14-31/h1-30H;3-28H,1-2H3. The van der Waals surface area contributed by atoms with Crippen LogP contribution in [-0.2, 0) is 5.41 Å². The molecule has 0 spiro atoms. The van der Waals surface area contributed by atoms with E-state index < -0.39 is 0 Å². The van der Waals surface area contributed by atoms with Gasteiger partial charge in [0.25, 0.3) is 0 Å². The highest BCUT2D eigenvalue weighted by Crippen LogP contribution is 2.52. The Morgan fingerprint density at radius 2 is 0.546 bits per heavy atom. The largest absolute Gasteiger partial charge is 0.309 e. The Bertz CT molecular complexity index is 6650. The Hall–Kier alpha value is -12.5. The van der Waals surface area contributed by atoms with Crippen molar-refractivity contribution in [3.05, 3.63) is 351 Å². The summed E-state index contributed by atoms with van der Waals surface area (Å²) in [6.45, 7) is 4.73. The van der Waals surface area contributed by atoms with Crippen LogP contribution in [-0.4, -0.2) is 18.3 Å². The van der Waals surface area contributed by atoms with Crippen molar-refractivity contribution in [2.24, 2.45) is 0 Å². The number of hydrogen-bond acceptors (Lipinski definition) is 0. The van der Waals surface area contributed by atoms with Crippen molar-refractivity contribution in [2.75, 3.05) is 0 Å². The monoisotopic (exact) mass is 1230 g/mol. The molecule has 0 amide bonds. The summed E-state index contributed by atoms with van der Waals surface area (Å²) in [7, 11) is 0. The van der Waals surface area contributed by atoms with Crippen LogP contribution in [0.25, 0.3) is 176 Å². The molecule has 4 nitrogen and oxygen atoms in total. The van der Waals surface area contributed by atoms with Crippen molar-refractivity contribution in [3.63, 3.8) is 0 Å². The number of nitrogens with zero attached hydrogens (tertiary/aromatic N) is 4. The van der Waals surface area contributed by atoms with Crippen molar-refractivity contribution >= 4 is 120 Å². The zero-order chi connectivity index (χ0) is 64.0. The molecule has 97 heavy (non-hydrogen) atoms. The van der Waals surface area contributed by atoms with Crippen LogP contribution < -0.4 is 0 Å². The minimum absolute atomic E-state index is 0.0579. The van der Waals surface area contributed by atoms with Crippen molar-refractivity contribution in [1.29, 1.82) is 0 Å². The highest BCUT2D eigenvalue weighted by atomic mass is 15.0. The molecule has 0 unspecified atom stereocenters. The number of rotatable bonds is 6. The van der Waals surface area contributed by atoms with Crippen LogP contribution in [0.4, 0.5) is 0 Å². The zero-order valence-corrected chi connectivity index (χ0v) is 53.6. The lowest BCUT2D eigenvalue weighted by molar-refractivity contribution is 0.661. The molecule has 16 aromatic carbocycles. The van der Waals surface area contributed by atoms with Crippen LogP contribution in [0.1, 0.15) is 25.0 Å². The maximum atomic E-state index is 2.46. The van der Waals surface area contributed by atoms with E-state index in [1.54, 1.807) is 0 Å². The predicted molar refractivity (Wildman–Crippen MR) is 411 cm³/mol. The van der Waals surface area contributed by atoms with Crippen molar-refractivity contribution in [2.45, 2.75) is 19.3 Å². The maximum Gasteiger partial charge on any atom is 0.0544 e. The Morgan fingerprint density at radius 1 is 0.186 bits per heavy atom. The first-order chi connectivity index (χ1) is 47.9. The summed E-state index contributed by atoms with van der Waals surface area (Å²) >= 11 is 0. The van der Waals surface area contributed by atoms with E-state index in [9.17, 15) is 0 Å². The van der Waals surface area contributed by atoms with Crippen LogP contribution >= 0.6 is 0 Å². The SMILES string of the molecule is CC1(C)c2ccccc2-c2cc3c4cc(-c5ccc6c(c5)c5ccccc5n6-c5ccccc5)ccc4n(-c4ccccc4)c3cc21.c1ccc2cc(-n3c4ccccc4c4cc(-c5ccc6c(c5)c5ccccc5n6-c5ccc6c(ccc7ccccc76)c5)ccc43)ccc2c1. The Morgan fingerprint density at radius 3 is 1.09 bits per heavy atom. The molecule has 0 aliphatic heterocycles. The van der Waals surface area contributed by atoms with Gasteiger partial charge in [-0.05, 0) is 204 Å². The second-order valence-electron chi connectivity index (χ2n) is 26.8. The smallest absolute Gasteiger partial charge is 0.0544 e. The topological polar surface area (TPSA) is 19.7 Å². The molecule has 0 fully saturated rings. The highest BCUT2D eigenvalue weighted by Gasteiger charge is 2.36. The van der Waals surface area contributed by atoms with Gasteiger partial charge in [0, 0.05) is 71.3 Å². The Labute approximate surface area is 560 Å². The van der Waals surface area contributed by atoms with Crippen LogP contribution in [0, 0.1) is 0 Å². The third-order valence-electron chi connectivity index (χ3n) is 21.2. The quantitative estimate of drug-likeness (QED) is 0.148. The van der Waals surface area contributed by atoms with Gasteiger partial charge in [0.2, 0.25) is 0 Å². The molecule has 0 N–H and O–H groups in total. The Kier molecular flexibility index (Phi) is 12.1. The van der Waals surface area contributed by atoms with Gasteiger partial charge in [0.1, 0.15) is 0 Å². The normalized spacial score (nSPS) is 12.7. The molecule has 21 rings (SSSR count). The molecule has 0 saturated carbocycles. The lowest BCUT2D eigenvalue weighted by atomic mass is 9.82. The van der Waals surface area contributed by atoms with E-state index in [0.717, 1.165) is 0 Å². The third kappa shape index (κ3) is 8.43. The van der Waals surface area contributed by atoms with E-state index in [2.05, 4.69) is 372 Å². The van der Waals surface area contributed by atoms with Gasteiger partial charge in [0.15, 0.2) is 0 Å². The van der Waals surface area contributed by atoms with E-state index in [0.29, 0.717) is 0 Å². The second-order valence-corrected chi connectivity index (χ2v) is 26.8. The van der Waals surface area contributed by atoms with Crippen molar-refractivity contribution in [1.82, 2.24) is 18.3 Å². The van der Waals surface area contributed by atoms with Crippen LogP contribution in [0.15, 0.2) is 340 Å². The fraction of sp³-hybridized carbons (Fsp3) is 0.0323. The molecule has 1 aliphatic rings. The van der Waals surface area contributed by atoms with E-state index >= 15 is 0 Å². The zero-order valence-electron chi connectivity index (χ0n) is 53.6. The lowest BCUT2D eigenvalue weighted by Crippen LogP contribution is -2.14. The molecule has 4 heteroatoms. The molecule has 0 bridgehead atoms. The minimum Gasteiger partial charge on any atom is -0.309 e. The first-order valence-corrected chi connectivity index (χ1v) is 33.7. The minimum atomic E-state index is -0.0579. The highest BCUT2D eigenvalue weighted by molar-refractivity contribution is 6.16. The van der Waals surface area contributed by atoms with Gasteiger partial charge in [-0.1, -0.05) is 226 Å². The Balaban J connectivity index is 0.000000132. The van der Waals surface area contributed by atoms with E-state index in [1.165, 1.54) is 187 Å². The van der Waals surface area contributed by atoms with Gasteiger partial charge in [-0.3, -0.25) is 0 Å². The maximum absolute atomic E-state index is 2.46. The van der Waals surface area contributed by atoms with Gasteiger partial charge >= 0.3 is 0 Å². The van der Waals surface area contributed by atoms with Gasteiger partial charge in [-0.15, -0.1) is 0 Å². The molecule has 0 radical (unpaired) electrons. The molecule has 4 heterocycles. The number of para-hydroxylation sites is 5. The van der Waals surface area contributed by atoms with E-state index in [1.807, 2.05) is 0 Å². The summed E-state index contributed by atoms with van der Waals surface area (Å²) < 4.78 is 9.66. The average molecular weight is 1240 g/mol. The molecule has 0 saturated heterocycles. The first-order valence-electron chi connectivity index (χ1n) is 33.7. The summed E-state index contributed by atoms with van der Waals surface area (Å²) in [5.41, 5.74) is 24.8. The molecule has 1 aliphatic carbocycles. The van der Waals surface area contributed by atoms with Crippen LogP contribution in [0.3, 0.4) is 0 Å². The predicted octanol–water partition coefficient (Wildman–Crippen LogP) is 24.9. The molecule has 20 aromatic rings. The van der Waals surface area contributed by atoms with Gasteiger partial charge in [-0.25, -0.2) is 0 Å². The number of hydrogen-bond donors (Lipinski definition) is 0. The summed E-state index contributed by atoms with van der Waals surface area (Å²) in [5.74, 6) is 0. The fourth-order valence-electron chi connectivity index (χ4n) is 16.6. The van der Waals surface area contributed by atoms with Crippen LogP contribution in [0.5, 0.6) is 0 Å². The summed E-state index contributed by atoms with van der Waals surface area (Å²) in [6, 6.07) is 125. The van der Waals surface area contributed by atoms with Crippen LogP contribution in [0.2, 0.25) is 0 Å². The average Bonchev–Trinajstić information content (AvgIpc) is 1.57. The summed E-state index contributed by atoms with van der Waals surface area (Å²) in [4.78, 5) is 0. The molecular formula is C93H62N4. The number of aromatic nitrogens is 4.